The van der Waals surface area contributed by atoms with E-state index in [1.165, 1.54) is 13.1 Å². The SMILES string of the molecule is CC(=O)Nn1cc(I)c(=O)[nH]c1=O. The van der Waals surface area contributed by atoms with Crippen molar-refractivity contribution in [1.82, 2.24) is 9.66 Å². The minimum atomic E-state index is -0.666. The lowest BCUT2D eigenvalue weighted by atomic mass is 10.6. The van der Waals surface area contributed by atoms with Crippen molar-refractivity contribution >= 4 is 28.5 Å². The first-order valence-corrected chi connectivity index (χ1v) is 4.37. The fraction of sp³-hybridized carbons (Fsp3) is 0.167. The third-order valence-electron chi connectivity index (χ3n) is 1.18. The zero-order valence-corrected chi connectivity index (χ0v) is 8.78. The van der Waals surface area contributed by atoms with Crippen molar-refractivity contribution in [3.63, 3.8) is 0 Å². The van der Waals surface area contributed by atoms with Gasteiger partial charge in [-0.15, -0.1) is 0 Å². The molecule has 1 rings (SSSR count). The average molecular weight is 295 g/mol. The van der Waals surface area contributed by atoms with Crippen LogP contribution in [0.2, 0.25) is 0 Å². The van der Waals surface area contributed by atoms with Gasteiger partial charge < -0.3 is 0 Å². The van der Waals surface area contributed by atoms with Gasteiger partial charge >= 0.3 is 5.69 Å². The lowest BCUT2D eigenvalue weighted by Gasteiger charge is -2.03. The van der Waals surface area contributed by atoms with E-state index in [0.717, 1.165) is 4.68 Å². The van der Waals surface area contributed by atoms with Gasteiger partial charge in [-0.05, 0) is 22.6 Å². The third-order valence-corrected chi connectivity index (χ3v) is 1.94. The molecule has 70 valence electrons. The molecule has 0 aliphatic heterocycles. The van der Waals surface area contributed by atoms with E-state index < -0.39 is 11.2 Å². The molecule has 0 radical (unpaired) electrons. The molecule has 2 N–H and O–H groups in total. The smallest absolute Gasteiger partial charge is 0.274 e. The third kappa shape index (κ3) is 2.41. The molecule has 0 fully saturated rings. The second kappa shape index (κ2) is 3.73. The van der Waals surface area contributed by atoms with Crippen LogP contribution in [0.1, 0.15) is 6.92 Å². The molecule has 1 heterocycles. The van der Waals surface area contributed by atoms with E-state index in [0.29, 0.717) is 3.57 Å². The van der Waals surface area contributed by atoms with Crippen LogP contribution in [0.4, 0.5) is 0 Å². The number of nitrogens with zero attached hydrogens (tertiary/aromatic N) is 1. The Morgan fingerprint density at radius 3 is 2.77 bits per heavy atom. The summed E-state index contributed by atoms with van der Waals surface area (Å²) in [6, 6.07) is 0. The predicted molar refractivity (Wildman–Crippen MR) is 54.1 cm³/mol. The molecule has 6 nitrogen and oxygen atoms in total. The van der Waals surface area contributed by atoms with Gasteiger partial charge in [0.15, 0.2) is 0 Å². The van der Waals surface area contributed by atoms with Crippen molar-refractivity contribution in [2.75, 3.05) is 5.43 Å². The zero-order chi connectivity index (χ0) is 10.0. The first kappa shape index (κ1) is 9.96. The van der Waals surface area contributed by atoms with Crippen molar-refractivity contribution in [2.24, 2.45) is 0 Å². The van der Waals surface area contributed by atoms with Crippen LogP contribution in [0.25, 0.3) is 0 Å². The van der Waals surface area contributed by atoms with Crippen LogP contribution in [0.5, 0.6) is 0 Å². The van der Waals surface area contributed by atoms with Crippen molar-refractivity contribution in [3.05, 3.63) is 30.6 Å². The Labute approximate surface area is 86.1 Å². The van der Waals surface area contributed by atoms with E-state index in [1.807, 2.05) is 4.98 Å². The molecule has 0 saturated carbocycles. The maximum Gasteiger partial charge on any atom is 0.347 e. The summed E-state index contributed by atoms with van der Waals surface area (Å²) in [6.45, 7) is 1.27. The first-order chi connectivity index (χ1) is 6.00. The van der Waals surface area contributed by atoms with Gasteiger partial charge in [-0.2, -0.15) is 0 Å². The van der Waals surface area contributed by atoms with Crippen LogP contribution in [0.3, 0.4) is 0 Å². The Balaban J connectivity index is 3.24. The number of carbonyl (C=O) groups excluding carboxylic acids is 1. The van der Waals surface area contributed by atoms with Gasteiger partial charge in [0.1, 0.15) is 0 Å². The molecular formula is C6H6IN3O3. The lowest BCUT2D eigenvalue weighted by Crippen LogP contribution is -2.37. The van der Waals surface area contributed by atoms with Crippen LogP contribution >= 0.6 is 22.6 Å². The maximum absolute atomic E-state index is 11.0. The van der Waals surface area contributed by atoms with Crippen molar-refractivity contribution in [2.45, 2.75) is 6.92 Å². The van der Waals surface area contributed by atoms with E-state index in [-0.39, 0.29) is 5.91 Å². The molecular weight excluding hydrogens is 289 g/mol. The molecule has 7 heteroatoms. The number of H-pyrrole nitrogens is 1. The molecule has 0 spiro atoms. The summed E-state index contributed by atoms with van der Waals surface area (Å²) in [5, 5.41) is 0. The monoisotopic (exact) mass is 295 g/mol. The number of aromatic amines is 1. The number of halogens is 1. The number of hydrogen-bond donors (Lipinski definition) is 2. The molecule has 13 heavy (non-hydrogen) atoms. The highest BCUT2D eigenvalue weighted by Gasteiger charge is 2.01. The topological polar surface area (TPSA) is 84.0 Å². The van der Waals surface area contributed by atoms with Crippen molar-refractivity contribution in [1.29, 1.82) is 0 Å². The minimum absolute atomic E-state index is 0.325. The summed E-state index contributed by atoms with van der Waals surface area (Å²) in [7, 11) is 0. The van der Waals surface area contributed by atoms with Gasteiger partial charge in [0, 0.05) is 6.92 Å². The molecule has 1 aromatic heterocycles. The average Bonchev–Trinajstić information content (AvgIpc) is 1.99. The number of carbonyl (C=O) groups is 1. The van der Waals surface area contributed by atoms with Gasteiger partial charge in [-0.25, -0.2) is 9.47 Å². The standard InChI is InChI=1S/C6H6IN3O3/c1-3(11)9-10-2-4(7)5(12)8-6(10)13/h2H,1H3,(H,9,11)(H,8,12,13). The number of hydrogen-bond acceptors (Lipinski definition) is 3. The Bertz CT molecular complexity index is 447. The highest BCUT2D eigenvalue weighted by atomic mass is 127. The summed E-state index contributed by atoms with van der Waals surface area (Å²) in [5.41, 5.74) is 1.10. The van der Waals surface area contributed by atoms with E-state index in [4.69, 9.17) is 0 Å². The van der Waals surface area contributed by atoms with Gasteiger partial charge in [-0.3, -0.25) is 20.0 Å². The zero-order valence-electron chi connectivity index (χ0n) is 6.63. The highest BCUT2D eigenvalue weighted by Crippen LogP contribution is 1.90. The van der Waals surface area contributed by atoms with Crippen LogP contribution in [-0.2, 0) is 4.79 Å². The fourth-order valence-corrected chi connectivity index (χ4v) is 1.11. The molecule has 0 aromatic carbocycles. The van der Waals surface area contributed by atoms with Crippen molar-refractivity contribution < 1.29 is 4.79 Å². The molecule has 0 bridgehead atoms. The van der Waals surface area contributed by atoms with Crippen molar-refractivity contribution in [3.8, 4) is 0 Å². The Hall–Kier alpha value is -1.12. The number of nitrogens with one attached hydrogen (secondary N) is 2. The van der Waals surface area contributed by atoms with E-state index in [2.05, 4.69) is 5.43 Å². The number of rotatable bonds is 1. The summed E-state index contributed by atoms with van der Waals surface area (Å²) in [6.07, 6.45) is 1.25. The number of aromatic nitrogens is 2. The Morgan fingerprint density at radius 1 is 1.62 bits per heavy atom. The lowest BCUT2D eigenvalue weighted by molar-refractivity contribution is -0.115. The molecule has 1 aromatic rings. The second-order valence-corrected chi connectivity index (χ2v) is 3.44. The quantitative estimate of drug-likeness (QED) is 0.667. The van der Waals surface area contributed by atoms with Crippen LogP contribution in [0.15, 0.2) is 15.8 Å². The highest BCUT2D eigenvalue weighted by molar-refractivity contribution is 14.1. The maximum atomic E-state index is 11.0. The largest absolute Gasteiger partial charge is 0.347 e. The number of amides is 1. The summed E-state index contributed by atoms with van der Waals surface area (Å²) >= 11 is 1.76. The molecule has 0 unspecified atom stereocenters. The van der Waals surface area contributed by atoms with E-state index in [1.54, 1.807) is 22.6 Å². The predicted octanol–water partition coefficient (Wildman–Crippen LogP) is -0.769. The second-order valence-electron chi connectivity index (χ2n) is 2.27. The molecule has 1 amide bonds. The summed E-state index contributed by atoms with van der Waals surface area (Å²) in [4.78, 5) is 34.5. The van der Waals surface area contributed by atoms with Gasteiger partial charge in [0.25, 0.3) is 5.56 Å². The first-order valence-electron chi connectivity index (χ1n) is 3.30. The molecule has 0 saturated heterocycles. The summed E-state index contributed by atoms with van der Waals surface area (Å²) < 4.78 is 1.25. The van der Waals surface area contributed by atoms with Gasteiger partial charge in [-0.1, -0.05) is 0 Å². The molecule has 0 aliphatic carbocycles. The van der Waals surface area contributed by atoms with Crippen LogP contribution in [0, 0.1) is 3.57 Å². The molecule has 0 atom stereocenters. The fourth-order valence-electron chi connectivity index (χ4n) is 0.700. The molecule has 0 aliphatic rings. The Morgan fingerprint density at radius 2 is 2.23 bits per heavy atom. The van der Waals surface area contributed by atoms with Crippen LogP contribution in [-0.4, -0.2) is 15.6 Å². The van der Waals surface area contributed by atoms with E-state index >= 15 is 0 Å². The van der Waals surface area contributed by atoms with Gasteiger partial charge in [0.2, 0.25) is 5.91 Å². The normalized spacial score (nSPS) is 9.69. The minimum Gasteiger partial charge on any atom is -0.274 e. The Kier molecular flexibility index (Phi) is 2.86. The summed E-state index contributed by atoms with van der Waals surface area (Å²) in [5.74, 6) is -0.384. The van der Waals surface area contributed by atoms with Gasteiger partial charge in [0.05, 0.1) is 9.77 Å². The van der Waals surface area contributed by atoms with E-state index in [9.17, 15) is 14.4 Å². The van der Waals surface area contributed by atoms with Crippen LogP contribution < -0.4 is 16.7 Å².